The third kappa shape index (κ3) is 7.41. The van der Waals surface area contributed by atoms with Gasteiger partial charge in [-0.15, -0.1) is 0 Å². The van der Waals surface area contributed by atoms with E-state index in [1.807, 2.05) is 44.2 Å². The Balaban J connectivity index is 1.06. The van der Waals surface area contributed by atoms with Gasteiger partial charge in [0, 0.05) is 24.2 Å². The lowest BCUT2D eigenvalue weighted by Gasteiger charge is -2.30. The summed E-state index contributed by atoms with van der Waals surface area (Å²) in [5, 5.41) is 5.10. The second-order valence-corrected chi connectivity index (χ2v) is 16.2. The normalized spacial score (nSPS) is 17.9. The summed E-state index contributed by atoms with van der Waals surface area (Å²) in [5.41, 5.74) is 9.02. The zero-order valence-electron chi connectivity index (χ0n) is 34.1. The minimum Gasteiger partial charge on any atom is -0.456 e. The lowest BCUT2D eigenvalue weighted by atomic mass is 10.00. The van der Waals surface area contributed by atoms with Crippen LogP contribution in [-0.2, 0) is 19.1 Å². The smallest absolute Gasteiger partial charge is 0.407 e. The number of carbonyl (C=O) groups is 4. The first-order chi connectivity index (χ1) is 28.8. The molecule has 0 bridgehead atoms. The minimum atomic E-state index is -0.988. The Morgan fingerprint density at radius 2 is 1.40 bits per heavy atom. The van der Waals surface area contributed by atoms with Crippen molar-refractivity contribution in [1.82, 2.24) is 35.1 Å². The Bertz CT molecular complexity index is 2700. The number of hydrogen-bond acceptors (Lipinski definition) is 10. The fourth-order valence-corrected chi connectivity index (χ4v) is 8.59. The van der Waals surface area contributed by atoms with Crippen molar-refractivity contribution < 1.29 is 33.1 Å². The van der Waals surface area contributed by atoms with E-state index in [-0.39, 0.29) is 41.2 Å². The van der Waals surface area contributed by atoms with E-state index < -0.39 is 24.3 Å². The van der Waals surface area contributed by atoms with Crippen LogP contribution in [0, 0.1) is 11.8 Å². The van der Waals surface area contributed by atoms with Crippen LogP contribution in [0.25, 0.3) is 55.2 Å². The summed E-state index contributed by atoms with van der Waals surface area (Å²) >= 11 is 0. The molecule has 16 heteroatoms. The number of H-pyrrole nitrogens is 2. The van der Waals surface area contributed by atoms with Crippen LogP contribution in [0.4, 0.5) is 9.59 Å². The first-order valence-electron chi connectivity index (χ1n) is 20.3. The third-order valence-corrected chi connectivity index (χ3v) is 11.7. The van der Waals surface area contributed by atoms with Gasteiger partial charge in [-0.2, -0.15) is 0 Å². The molecule has 2 aliphatic rings. The molecule has 2 saturated heterocycles. The summed E-state index contributed by atoms with van der Waals surface area (Å²) < 4.78 is 16.2. The summed E-state index contributed by atoms with van der Waals surface area (Å²) in [5.74, 6) is 0.349. The maximum atomic E-state index is 14.3. The van der Waals surface area contributed by atoms with Gasteiger partial charge in [0.1, 0.15) is 28.9 Å². The number of nitrogens with two attached hydrogens (primary N) is 1. The number of likely N-dealkylation sites (tertiary alicyclic amines) is 2. The van der Waals surface area contributed by atoms with Crippen molar-refractivity contribution in [3.8, 4) is 22.5 Å². The van der Waals surface area contributed by atoms with Crippen molar-refractivity contribution in [3.63, 3.8) is 0 Å². The topological polar surface area (TPSA) is 219 Å². The van der Waals surface area contributed by atoms with Gasteiger partial charge in [0.2, 0.25) is 11.3 Å². The van der Waals surface area contributed by atoms with E-state index in [4.69, 9.17) is 19.6 Å². The highest BCUT2D eigenvalue weighted by Gasteiger charge is 2.39. The van der Waals surface area contributed by atoms with Gasteiger partial charge in [0.05, 0.1) is 53.7 Å². The number of rotatable bonds is 10. The SMILES string of the molecule is COC(=O)NC(C(=O)N1CCC[C@H]1c1ncc(-c2ccc3oc4ccc5cc(-c6cnc([C@@H]7CCCN7C(=O)C(OC(N)=O)C(C)C)[nH]6)ccc5c4c(=O)c3c2)[nH]1)C(C)C. The predicted octanol–water partition coefficient (Wildman–Crippen LogP) is 6.71. The van der Waals surface area contributed by atoms with Gasteiger partial charge in [-0.1, -0.05) is 45.9 Å². The fraction of sp³-hybridized carbons (Fsp3) is 0.386. The van der Waals surface area contributed by atoms with E-state index in [0.717, 1.165) is 40.4 Å². The molecule has 3 aromatic heterocycles. The number of aromatic amines is 2. The number of primary amides is 1. The van der Waals surface area contributed by atoms with E-state index in [2.05, 4.69) is 25.3 Å². The summed E-state index contributed by atoms with van der Waals surface area (Å²) in [6.45, 7) is 8.40. The van der Waals surface area contributed by atoms with Gasteiger partial charge in [-0.25, -0.2) is 19.6 Å². The summed E-state index contributed by atoms with van der Waals surface area (Å²) in [6, 6.07) is 13.6. The number of aromatic nitrogens is 4. The molecule has 3 aromatic carbocycles. The van der Waals surface area contributed by atoms with E-state index in [9.17, 15) is 24.0 Å². The number of imidazole rings is 2. The summed E-state index contributed by atoms with van der Waals surface area (Å²) in [6.07, 6.45) is 3.77. The standard InChI is InChI=1S/C44H48N8O8/c1-22(2)36(50-44(57)58-5)41(54)51-16-6-8-31(51)39-47-21-30(49-39)26-12-14-33-28(19-26)37(53)35-27-13-10-25(18-24(27)11-15-34(35)59-33)29-20-46-40(48-29)32-9-7-17-52(32)42(55)38(23(3)4)60-43(45)56/h10-15,18-23,31-32,36,38H,6-9,16-17H2,1-5H3,(H2,45,56)(H,46,48)(H,47,49)(H,50,57)/t31-,32-,36?,38?/m0/s1. The van der Waals surface area contributed by atoms with Crippen LogP contribution in [0.2, 0.25) is 0 Å². The Hall–Kier alpha value is -6.71. The highest BCUT2D eigenvalue weighted by atomic mass is 16.6. The number of carbonyl (C=O) groups excluding carboxylic acids is 4. The molecule has 0 radical (unpaired) electrons. The number of ether oxygens (including phenoxy) is 2. The molecule has 16 nitrogen and oxygen atoms in total. The van der Waals surface area contributed by atoms with Crippen LogP contribution in [0.15, 0.2) is 70.1 Å². The molecule has 8 rings (SSSR count). The molecule has 312 valence electrons. The molecule has 2 unspecified atom stereocenters. The second-order valence-electron chi connectivity index (χ2n) is 16.2. The number of nitrogens with one attached hydrogen (secondary N) is 3. The molecule has 2 fully saturated rings. The largest absolute Gasteiger partial charge is 0.456 e. The van der Waals surface area contributed by atoms with Gasteiger partial charge in [-0.05, 0) is 78.6 Å². The van der Waals surface area contributed by atoms with Gasteiger partial charge >= 0.3 is 12.2 Å². The van der Waals surface area contributed by atoms with Crippen molar-refractivity contribution >= 4 is 56.7 Å². The second kappa shape index (κ2) is 16.2. The van der Waals surface area contributed by atoms with E-state index in [1.165, 1.54) is 7.11 Å². The zero-order chi connectivity index (χ0) is 42.4. The number of benzene rings is 3. The third-order valence-electron chi connectivity index (χ3n) is 11.7. The summed E-state index contributed by atoms with van der Waals surface area (Å²) in [7, 11) is 1.27. The van der Waals surface area contributed by atoms with E-state index in [0.29, 0.717) is 65.2 Å². The first kappa shape index (κ1) is 40.1. The van der Waals surface area contributed by atoms with Gasteiger partial charge < -0.3 is 44.7 Å². The Labute approximate surface area is 344 Å². The van der Waals surface area contributed by atoms with Crippen LogP contribution >= 0.6 is 0 Å². The maximum Gasteiger partial charge on any atom is 0.407 e. The van der Waals surface area contributed by atoms with Crippen molar-refractivity contribution in [2.45, 2.75) is 77.6 Å². The quantitative estimate of drug-likeness (QED) is 0.0846. The van der Waals surface area contributed by atoms with Crippen LogP contribution in [-0.4, -0.2) is 86.1 Å². The molecule has 4 amide bonds. The fourth-order valence-electron chi connectivity index (χ4n) is 8.59. The number of alkyl carbamates (subject to hydrolysis) is 1. The Morgan fingerprint density at radius 3 is 2.00 bits per heavy atom. The van der Waals surface area contributed by atoms with Crippen molar-refractivity contribution in [3.05, 3.63) is 82.8 Å². The van der Waals surface area contributed by atoms with Crippen LogP contribution in [0.3, 0.4) is 0 Å². The van der Waals surface area contributed by atoms with E-state index >= 15 is 0 Å². The van der Waals surface area contributed by atoms with Gasteiger partial charge in [0.15, 0.2) is 6.10 Å². The number of nitrogens with zero attached hydrogens (tertiary/aromatic N) is 4. The average molecular weight is 817 g/mol. The number of fused-ring (bicyclic) bond motifs is 4. The zero-order valence-corrected chi connectivity index (χ0v) is 34.1. The van der Waals surface area contributed by atoms with Crippen molar-refractivity contribution in [1.29, 1.82) is 0 Å². The summed E-state index contributed by atoms with van der Waals surface area (Å²) in [4.78, 5) is 84.6. The molecule has 0 aliphatic carbocycles. The number of hydrogen-bond donors (Lipinski definition) is 4. The monoisotopic (exact) mass is 816 g/mol. The molecule has 2 aliphatic heterocycles. The predicted molar refractivity (Wildman–Crippen MR) is 223 cm³/mol. The molecule has 0 spiro atoms. The van der Waals surface area contributed by atoms with Gasteiger partial charge in [-0.3, -0.25) is 14.4 Å². The molecule has 5 heterocycles. The van der Waals surface area contributed by atoms with Crippen LogP contribution < -0.4 is 16.5 Å². The van der Waals surface area contributed by atoms with Crippen LogP contribution in [0.1, 0.15) is 77.1 Å². The molecular weight excluding hydrogens is 769 g/mol. The highest BCUT2D eigenvalue weighted by Crippen LogP contribution is 2.36. The maximum absolute atomic E-state index is 14.3. The number of amides is 4. The Morgan fingerprint density at radius 1 is 0.800 bits per heavy atom. The molecule has 0 saturated carbocycles. The molecular formula is C44H48N8O8. The molecule has 60 heavy (non-hydrogen) atoms. The van der Waals surface area contributed by atoms with Gasteiger partial charge in [0.25, 0.3) is 5.91 Å². The molecule has 5 N–H and O–H groups in total. The Kier molecular flexibility index (Phi) is 10.8. The first-order valence-corrected chi connectivity index (χ1v) is 20.3. The van der Waals surface area contributed by atoms with Crippen molar-refractivity contribution in [2.75, 3.05) is 20.2 Å². The molecule has 4 atom stereocenters. The molecule has 6 aromatic rings. The van der Waals surface area contributed by atoms with Crippen molar-refractivity contribution in [2.24, 2.45) is 17.6 Å². The highest BCUT2D eigenvalue weighted by molar-refractivity contribution is 6.09. The lowest BCUT2D eigenvalue weighted by Crippen LogP contribution is -2.51. The van der Waals surface area contributed by atoms with Crippen LogP contribution in [0.5, 0.6) is 0 Å². The average Bonchev–Trinajstić information content (AvgIpc) is 4.08. The van der Waals surface area contributed by atoms with E-state index in [1.54, 1.807) is 54.2 Å². The number of methoxy groups -OCH3 is 1. The minimum absolute atomic E-state index is 0.154. The lowest BCUT2D eigenvalue weighted by molar-refractivity contribution is -0.143.